The fourth-order valence-corrected chi connectivity index (χ4v) is 8.36. The molecule has 0 aliphatic heterocycles. The van der Waals surface area contributed by atoms with Gasteiger partial charge < -0.3 is 8.99 Å². The molecule has 6 rings (SSSR count). The summed E-state index contributed by atoms with van der Waals surface area (Å²) < 4.78 is 24.5. The number of nitrogens with zero attached hydrogens (tertiary/aromatic N) is 2. The number of benzene rings is 4. The molecular weight excluding hydrogens is 624 g/mol. The largest absolute Gasteiger partial charge is 0.414 e. The van der Waals surface area contributed by atoms with Crippen LogP contribution >= 0.6 is 0 Å². The maximum atomic E-state index is 15.8. The normalized spacial score (nSPS) is 17.3. The Morgan fingerprint density at radius 3 is 1.84 bits per heavy atom. The summed E-state index contributed by atoms with van der Waals surface area (Å²) in [6.45, 7) is 11.4. The highest BCUT2D eigenvalue weighted by molar-refractivity contribution is 6.74. The van der Waals surface area contributed by atoms with E-state index in [-0.39, 0.29) is 28.7 Å². The first-order chi connectivity index (χ1) is 23.5. The number of halogens is 1. The summed E-state index contributed by atoms with van der Waals surface area (Å²) in [5, 5.41) is 0.160. The molecule has 0 bridgehead atoms. The standard InChI is InChI=1S/C43H47FN2O2Si/c1-42(2,3)49(4,5)48-37-27-24-32(25-28-37)40(47)29-26-33-16-15-23-38(44)41(33)39-30-46(31-45-39)43(34-17-9-6-10-18-34,35-19-11-7-12-20-35)36-21-13-8-14-22-36/h6-23,26,29-32,37H,24-25,27-28H2,1-5H3/b29-26+. The Hall–Kier alpha value is -4.39. The summed E-state index contributed by atoms with van der Waals surface area (Å²) in [6.07, 6.45) is 10.7. The van der Waals surface area contributed by atoms with Crippen LogP contribution in [0.25, 0.3) is 17.3 Å². The predicted octanol–water partition coefficient (Wildman–Crippen LogP) is 10.7. The smallest absolute Gasteiger partial charge is 0.192 e. The molecule has 0 N–H and O–H groups in total. The van der Waals surface area contributed by atoms with Crippen LogP contribution < -0.4 is 0 Å². The van der Waals surface area contributed by atoms with E-state index in [2.05, 4.69) is 74.8 Å². The zero-order valence-electron chi connectivity index (χ0n) is 29.3. The molecule has 0 atom stereocenters. The van der Waals surface area contributed by atoms with Crippen molar-refractivity contribution >= 4 is 20.2 Å². The van der Waals surface area contributed by atoms with Gasteiger partial charge in [0.1, 0.15) is 11.4 Å². The Kier molecular flexibility index (Phi) is 10.0. The Morgan fingerprint density at radius 2 is 1.33 bits per heavy atom. The molecule has 1 aromatic heterocycles. The topological polar surface area (TPSA) is 44.1 Å². The second kappa shape index (κ2) is 14.2. The second-order valence-corrected chi connectivity index (χ2v) is 19.5. The maximum absolute atomic E-state index is 15.8. The highest BCUT2D eigenvalue weighted by Gasteiger charge is 2.41. The van der Waals surface area contributed by atoms with Crippen molar-refractivity contribution in [2.24, 2.45) is 5.92 Å². The van der Waals surface area contributed by atoms with Gasteiger partial charge in [-0.3, -0.25) is 4.79 Å². The number of hydrogen-bond acceptors (Lipinski definition) is 3. The molecular formula is C43H47FN2O2Si. The Bertz CT molecular complexity index is 1790. The van der Waals surface area contributed by atoms with Gasteiger partial charge >= 0.3 is 0 Å². The lowest BCUT2D eigenvalue weighted by Crippen LogP contribution is -2.45. The Balaban J connectivity index is 1.31. The summed E-state index contributed by atoms with van der Waals surface area (Å²) in [5.41, 5.74) is 3.90. The first kappa shape index (κ1) is 34.5. The van der Waals surface area contributed by atoms with E-state index in [1.807, 2.05) is 66.9 Å². The van der Waals surface area contributed by atoms with Crippen LogP contribution in [0.15, 0.2) is 128 Å². The lowest BCUT2D eigenvalue weighted by molar-refractivity contribution is -0.119. The van der Waals surface area contributed by atoms with E-state index in [1.165, 1.54) is 6.07 Å². The van der Waals surface area contributed by atoms with Gasteiger partial charge in [-0.15, -0.1) is 0 Å². The van der Waals surface area contributed by atoms with E-state index in [9.17, 15) is 4.79 Å². The van der Waals surface area contributed by atoms with Crippen LogP contribution in [0.3, 0.4) is 0 Å². The maximum Gasteiger partial charge on any atom is 0.192 e. The van der Waals surface area contributed by atoms with Crippen molar-refractivity contribution in [3.8, 4) is 11.3 Å². The molecule has 0 radical (unpaired) electrons. The number of ketones is 1. The monoisotopic (exact) mass is 670 g/mol. The van der Waals surface area contributed by atoms with Crippen molar-refractivity contribution in [1.82, 2.24) is 9.55 Å². The van der Waals surface area contributed by atoms with Gasteiger partial charge in [0.15, 0.2) is 14.1 Å². The lowest BCUT2D eigenvalue weighted by atomic mass is 9.77. The summed E-state index contributed by atoms with van der Waals surface area (Å²) in [7, 11) is -1.86. The van der Waals surface area contributed by atoms with Gasteiger partial charge in [0.05, 0.1) is 12.0 Å². The molecule has 4 nitrogen and oxygen atoms in total. The minimum atomic E-state index is -1.86. The van der Waals surface area contributed by atoms with Crippen LogP contribution in [0, 0.1) is 11.7 Å². The highest BCUT2D eigenvalue weighted by atomic mass is 28.4. The van der Waals surface area contributed by atoms with Crippen molar-refractivity contribution in [3.63, 3.8) is 0 Å². The predicted molar refractivity (Wildman–Crippen MR) is 200 cm³/mol. The molecule has 6 heteroatoms. The molecule has 1 aliphatic rings. The van der Waals surface area contributed by atoms with E-state index in [0.717, 1.165) is 42.4 Å². The van der Waals surface area contributed by atoms with Crippen LogP contribution in [-0.2, 0) is 14.8 Å². The SMILES string of the molecule is CC(C)(C)[Si](C)(C)OC1CCC(C(=O)/C=C/c2cccc(F)c2-c2cn(C(c3ccccc3)(c3ccccc3)c3ccccc3)cn2)CC1. The quantitative estimate of drug-likeness (QED) is 0.0844. The number of allylic oxidation sites excluding steroid dienone is 1. The molecule has 0 unspecified atom stereocenters. The fraction of sp³-hybridized carbons (Fsp3) is 0.302. The zero-order valence-corrected chi connectivity index (χ0v) is 30.3. The molecule has 0 saturated heterocycles. The molecule has 1 fully saturated rings. The first-order valence-corrected chi connectivity index (χ1v) is 20.3. The van der Waals surface area contributed by atoms with E-state index in [4.69, 9.17) is 9.41 Å². The average molecular weight is 671 g/mol. The molecule has 1 aliphatic carbocycles. The van der Waals surface area contributed by atoms with Crippen molar-refractivity contribution in [1.29, 1.82) is 0 Å². The van der Waals surface area contributed by atoms with Gasteiger partial charge in [-0.1, -0.05) is 130 Å². The first-order valence-electron chi connectivity index (χ1n) is 17.4. The van der Waals surface area contributed by atoms with Gasteiger partial charge in [-0.2, -0.15) is 0 Å². The van der Waals surface area contributed by atoms with Crippen molar-refractivity contribution in [2.75, 3.05) is 0 Å². The zero-order chi connectivity index (χ0) is 34.6. The molecule has 0 spiro atoms. The number of carbonyl (C=O) groups is 1. The third-order valence-corrected chi connectivity index (χ3v) is 15.2. The molecule has 5 aromatic rings. The number of carbonyl (C=O) groups excluding carboxylic acids is 1. The van der Waals surface area contributed by atoms with Gasteiger partial charge in [0.2, 0.25) is 0 Å². The van der Waals surface area contributed by atoms with Gasteiger partial charge in [-0.25, -0.2) is 9.37 Å². The minimum Gasteiger partial charge on any atom is -0.414 e. The minimum absolute atomic E-state index is 0.0463. The van der Waals surface area contributed by atoms with Gasteiger partial charge in [-0.05, 0) is 78.2 Å². The number of aromatic nitrogens is 2. The third kappa shape index (κ3) is 7.03. The number of imidazole rings is 1. The molecule has 0 amide bonds. The van der Waals surface area contributed by atoms with Gasteiger partial charge in [0.25, 0.3) is 0 Å². The van der Waals surface area contributed by atoms with Crippen LogP contribution in [-0.4, -0.2) is 29.8 Å². The van der Waals surface area contributed by atoms with E-state index < -0.39 is 13.9 Å². The summed E-state index contributed by atoms with van der Waals surface area (Å²) in [6, 6.07) is 36.0. The van der Waals surface area contributed by atoms with Crippen LogP contribution in [0.5, 0.6) is 0 Å². The van der Waals surface area contributed by atoms with Crippen LogP contribution in [0.2, 0.25) is 18.1 Å². The summed E-state index contributed by atoms with van der Waals surface area (Å²) >= 11 is 0. The molecule has 252 valence electrons. The second-order valence-electron chi connectivity index (χ2n) is 14.8. The van der Waals surface area contributed by atoms with Gasteiger partial charge in [0, 0.05) is 23.8 Å². The van der Waals surface area contributed by atoms with Crippen molar-refractivity contribution < 1.29 is 13.6 Å². The molecule has 1 saturated carbocycles. The van der Waals surface area contributed by atoms with Crippen molar-refractivity contribution in [2.45, 2.75) is 76.2 Å². The van der Waals surface area contributed by atoms with E-state index in [1.54, 1.807) is 24.5 Å². The molecule has 4 aromatic carbocycles. The van der Waals surface area contributed by atoms with Crippen molar-refractivity contribution in [3.05, 3.63) is 156 Å². The Labute approximate surface area is 291 Å². The summed E-state index contributed by atoms with van der Waals surface area (Å²) in [5.74, 6) is -0.342. The van der Waals surface area contributed by atoms with Crippen LogP contribution in [0.1, 0.15) is 68.7 Å². The lowest BCUT2D eigenvalue weighted by Gasteiger charge is -2.41. The van der Waals surface area contributed by atoms with E-state index >= 15 is 4.39 Å². The highest BCUT2D eigenvalue weighted by Crippen LogP contribution is 2.42. The fourth-order valence-electron chi connectivity index (χ4n) is 6.94. The number of hydrogen-bond donors (Lipinski definition) is 0. The Morgan fingerprint density at radius 1 is 0.796 bits per heavy atom. The molecule has 49 heavy (non-hydrogen) atoms. The van der Waals surface area contributed by atoms with Crippen LogP contribution in [0.4, 0.5) is 4.39 Å². The van der Waals surface area contributed by atoms with E-state index in [0.29, 0.717) is 16.8 Å². The number of rotatable bonds is 10. The third-order valence-electron chi connectivity index (χ3n) is 10.6. The average Bonchev–Trinajstić information content (AvgIpc) is 3.58. The summed E-state index contributed by atoms with van der Waals surface area (Å²) in [4.78, 5) is 18.2. The molecule has 1 heterocycles.